The first kappa shape index (κ1) is 13.6. The van der Waals surface area contributed by atoms with E-state index in [1.165, 1.54) is 5.56 Å². The van der Waals surface area contributed by atoms with Gasteiger partial charge in [-0.1, -0.05) is 29.8 Å². The molecule has 19 heavy (non-hydrogen) atoms. The number of hydrogen-bond donors (Lipinski definition) is 1. The number of nitrogens with one attached hydrogen (secondary N) is 1. The molecule has 1 aromatic carbocycles. The molecule has 2 atom stereocenters. The van der Waals surface area contributed by atoms with Gasteiger partial charge < -0.3 is 10.2 Å². The number of rotatable bonds is 3. The topological polar surface area (TPSA) is 49.4 Å². The molecule has 1 aliphatic heterocycles. The molecule has 4 heteroatoms. The second-order valence-corrected chi connectivity index (χ2v) is 5.24. The van der Waals surface area contributed by atoms with Crippen LogP contribution in [-0.2, 0) is 9.59 Å². The van der Waals surface area contributed by atoms with E-state index in [0.29, 0.717) is 13.0 Å². The van der Waals surface area contributed by atoms with Gasteiger partial charge in [0.05, 0.1) is 12.0 Å². The highest BCUT2D eigenvalue weighted by Gasteiger charge is 2.31. The summed E-state index contributed by atoms with van der Waals surface area (Å²) >= 11 is 0. The van der Waals surface area contributed by atoms with Crippen LogP contribution in [0, 0.1) is 12.8 Å². The Labute approximate surface area is 113 Å². The number of nitrogens with zero attached hydrogens (tertiary/aromatic N) is 1. The summed E-state index contributed by atoms with van der Waals surface area (Å²) in [7, 11) is 1.80. The van der Waals surface area contributed by atoms with Crippen molar-refractivity contribution in [2.75, 3.05) is 13.6 Å². The van der Waals surface area contributed by atoms with E-state index >= 15 is 0 Å². The van der Waals surface area contributed by atoms with Crippen LogP contribution in [0.15, 0.2) is 24.3 Å². The lowest BCUT2D eigenvalue weighted by Crippen LogP contribution is -2.35. The Bertz CT molecular complexity index is 481. The maximum Gasteiger partial charge on any atom is 0.228 e. The van der Waals surface area contributed by atoms with Crippen LogP contribution >= 0.6 is 0 Å². The molecule has 0 spiro atoms. The zero-order valence-electron chi connectivity index (χ0n) is 11.6. The molecule has 0 aliphatic carbocycles. The van der Waals surface area contributed by atoms with E-state index in [9.17, 15) is 9.59 Å². The summed E-state index contributed by atoms with van der Waals surface area (Å²) in [4.78, 5) is 25.2. The highest BCUT2D eigenvalue weighted by atomic mass is 16.2. The maximum atomic E-state index is 12.3. The average molecular weight is 260 g/mol. The number of aryl methyl sites for hydroxylation is 1. The third kappa shape index (κ3) is 2.95. The van der Waals surface area contributed by atoms with Crippen molar-refractivity contribution in [2.24, 2.45) is 5.92 Å². The molecular formula is C15H20N2O2. The summed E-state index contributed by atoms with van der Waals surface area (Å²) in [5, 5.41) is 2.71. The quantitative estimate of drug-likeness (QED) is 0.898. The predicted molar refractivity (Wildman–Crippen MR) is 73.5 cm³/mol. The van der Waals surface area contributed by atoms with Gasteiger partial charge in [-0.05, 0) is 19.4 Å². The summed E-state index contributed by atoms with van der Waals surface area (Å²) in [6.07, 6.45) is 0.309. The summed E-state index contributed by atoms with van der Waals surface area (Å²) < 4.78 is 0. The van der Waals surface area contributed by atoms with Gasteiger partial charge in [0.25, 0.3) is 0 Å². The van der Waals surface area contributed by atoms with Crippen molar-refractivity contribution in [3.8, 4) is 0 Å². The highest BCUT2D eigenvalue weighted by molar-refractivity contribution is 5.89. The summed E-state index contributed by atoms with van der Waals surface area (Å²) in [5.74, 6) is -0.216. The predicted octanol–water partition coefficient (Wildman–Crippen LogP) is 1.65. The largest absolute Gasteiger partial charge is 0.355 e. The zero-order valence-corrected chi connectivity index (χ0v) is 11.6. The number of benzene rings is 1. The fraction of sp³-hybridized carbons (Fsp3) is 0.467. The van der Waals surface area contributed by atoms with Crippen molar-refractivity contribution in [2.45, 2.75) is 26.3 Å². The lowest BCUT2D eigenvalue weighted by atomic mass is 10.0. The van der Waals surface area contributed by atoms with Crippen LogP contribution in [0.5, 0.6) is 0 Å². The van der Waals surface area contributed by atoms with Gasteiger partial charge in [-0.3, -0.25) is 9.59 Å². The van der Waals surface area contributed by atoms with Gasteiger partial charge in [0.2, 0.25) is 11.8 Å². The first-order valence-corrected chi connectivity index (χ1v) is 6.59. The third-order valence-corrected chi connectivity index (χ3v) is 3.81. The van der Waals surface area contributed by atoms with Crippen molar-refractivity contribution in [3.05, 3.63) is 35.4 Å². The number of carbonyl (C=O) groups excluding carboxylic acids is 2. The molecule has 1 heterocycles. The monoisotopic (exact) mass is 260 g/mol. The van der Waals surface area contributed by atoms with Crippen molar-refractivity contribution >= 4 is 11.8 Å². The number of amides is 2. The van der Waals surface area contributed by atoms with Crippen LogP contribution in [0.25, 0.3) is 0 Å². The zero-order chi connectivity index (χ0) is 14.0. The van der Waals surface area contributed by atoms with Crippen LogP contribution in [-0.4, -0.2) is 30.3 Å². The molecule has 102 valence electrons. The first-order valence-electron chi connectivity index (χ1n) is 6.59. The molecule has 1 aliphatic rings. The highest BCUT2D eigenvalue weighted by Crippen LogP contribution is 2.22. The normalized spacial score (nSPS) is 19.9. The number of hydrogen-bond acceptors (Lipinski definition) is 2. The molecule has 2 unspecified atom stereocenters. The van der Waals surface area contributed by atoms with Crippen LogP contribution in [0.1, 0.15) is 30.5 Å². The van der Waals surface area contributed by atoms with Crippen LogP contribution in [0.2, 0.25) is 0 Å². The third-order valence-electron chi connectivity index (χ3n) is 3.81. The van der Waals surface area contributed by atoms with Crippen LogP contribution in [0.3, 0.4) is 0 Å². The molecule has 1 aromatic rings. The van der Waals surface area contributed by atoms with E-state index in [1.807, 2.05) is 38.1 Å². The Kier molecular flexibility index (Phi) is 3.88. The molecule has 1 N–H and O–H groups in total. The molecule has 0 bridgehead atoms. The van der Waals surface area contributed by atoms with Crippen LogP contribution in [0.4, 0.5) is 0 Å². The lowest BCUT2D eigenvalue weighted by molar-refractivity contribution is -0.136. The molecule has 1 fully saturated rings. The molecule has 2 amide bonds. The Morgan fingerprint density at radius 1 is 1.37 bits per heavy atom. The van der Waals surface area contributed by atoms with Gasteiger partial charge in [0, 0.05) is 20.0 Å². The van der Waals surface area contributed by atoms with Gasteiger partial charge in [-0.15, -0.1) is 0 Å². The van der Waals surface area contributed by atoms with Gasteiger partial charge in [-0.2, -0.15) is 0 Å². The minimum absolute atomic E-state index is 0.0174. The molecule has 1 saturated heterocycles. The Morgan fingerprint density at radius 3 is 2.53 bits per heavy atom. The van der Waals surface area contributed by atoms with E-state index < -0.39 is 0 Å². The molecule has 2 rings (SSSR count). The maximum absolute atomic E-state index is 12.3. The Balaban J connectivity index is 2.06. The molecule has 0 radical (unpaired) electrons. The second-order valence-electron chi connectivity index (χ2n) is 5.24. The van der Waals surface area contributed by atoms with Crippen molar-refractivity contribution in [3.63, 3.8) is 0 Å². The summed E-state index contributed by atoms with van der Waals surface area (Å²) in [6.45, 7) is 4.51. The van der Waals surface area contributed by atoms with Gasteiger partial charge in [0.1, 0.15) is 0 Å². The fourth-order valence-electron chi connectivity index (χ4n) is 2.33. The van der Waals surface area contributed by atoms with Crippen molar-refractivity contribution in [1.29, 1.82) is 0 Å². The molecule has 0 saturated carbocycles. The molecule has 0 aromatic heterocycles. The lowest BCUT2D eigenvalue weighted by Gasteiger charge is -2.27. The van der Waals surface area contributed by atoms with Crippen molar-refractivity contribution in [1.82, 2.24) is 10.2 Å². The standard InChI is InChI=1S/C15H20N2O2/c1-10-4-6-12(7-5-10)11(2)17(3)15(19)13-8-14(18)16-9-13/h4-7,11,13H,8-9H2,1-3H3,(H,16,18). The minimum Gasteiger partial charge on any atom is -0.355 e. The minimum atomic E-state index is -0.217. The van der Waals surface area contributed by atoms with Gasteiger partial charge in [0.15, 0.2) is 0 Å². The van der Waals surface area contributed by atoms with Gasteiger partial charge in [-0.25, -0.2) is 0 Å². The van der Waals surface area contributed by atoms with Crippen molar-refractivity contribution < 1.29 is 9.59 Å². The number of carbonyl (C=O) groups is 2. The first-order chi connectivity index (χ1) is 8.99. The van der Waals surface area contributed by atoms with Gasteiger partial charge >= 0.3 is 0 Å². The van der Waals surface area contributed by atoms with E-state index in [4.69, 9.17) is 0 Å². The summed E-state index contributed by atoms with van der Waals surface area (Å²) in [6, 6.07) is 8.20. The molecular weight excluding hydrogens is 240 g/mol. The SMILES string of the molecule is Cc1ccc(C(C)N(C)C(=O)C2CNC(=O)C2)cc1. The Morgan fingerprint density at radius 2 is 2.00 bits per heavy atom. The average Bonchev–Trinajstić information content (AvgIpc) is 2.84. The smallest absolute Gasteiger partial charge is 0.228 e. The van der Waals surface area contributed by atoms with E-state index in [1.54, 1.807) is 11.9 Å². The van der Waals surface area contributed by atoms with E-state index in [0.717, 1.165) is 5.56 Å². The molecule has 4 nitrogen and oxygen atoms in total. The summed E-state index contributed by atoms with van der Waals surface area (Å²) in [5.41, 5.74) is 2.31. The second kappa shape index (κ2) is 5.43. The Hall–Kier alpha value is -1.84. The fourth-order valence-corrected chi connectivity index (χ4v) is 2.33. The van der Waals surface area contributed by atoms with E-state index in [2.05, 4.69) is 5.32 Å². The van der Waals surface area contributed by atoms with E-state index in [-0.39, 0.29) is 23.8 Å². The van der Waals surface area contributed by atoms with Crippen LogP contribution < -0.4 is 5.32 Å².